The summed E-state index contributed by atoms with van der Waals surface area (Å²) in [7, 11) is 1.72. The standard InChI is InChI=1S/C9H12ClNO2/c1-7(5-10)11(2)9(12)8-3-4-13-6-8/h3-4,6-7H,5H2,1-2H3. The van der Waals surface area contributed by atoms with Crippen molar-refractivity contribution in [1.82, 2.24) is 4.90 Å². The molecule has 0 aliphatic heterocycles. The summed E-state index contributed by atoms with van der Waals surface area (Å²) in [5.41, 5.74) is 0.555. The van der Waals surface area contributed by atoms with Crippen LogP contribution in [0.15, 0.2) is 23.0 Å². The maximum Gasteiger partial charge on any atom is 0.257 e. The highest BCUT2D eigenvalue weighted by molar-refractivity contribution is 6.18. The molecular formula is C9H12ClNO2. The lowest BCUT2D eigenvalue weighted by molar-refractivity contribution is 0.0756. The highest BCUT2D eigenvalue weighted by atomic mass is 35.5. The van der Waals surface area contributed by atoms with Crippen molar-refractivity contribution >= 4 is 17.5 Å². The monoisotopic (exact) mass is 201 g/mol. The SMILES string of the molecule is CC(CCl)N(C)C(=O)c1ccoc1. The lowest BCUT2D eigenvalue weighted by Crippen LogP contribution is -2.35. The van der Waals surface area contributed by atoms with Crippen LogP contribution in [0.3, 0.4) is 0 Å². The minimum Gasteiger partial charge on any atom is -0.472 e. The Morgan fingerprint density at radius 3 is 2.92 bits per heavy atom. The van der Waals surface area contributed by atoms with Crippen molar-refractivity contribution in [2.24, 2.45) is 0 Å². The summed E-state index contributed by atoms with van der Waals surface area (Å²) in [6, 6.07) is 1.67. The molecule has 1 unspecified atom stereocenters. The Labute approximate surface area is 82.3 Å². The molecule has 72 valence electrons. The van der Waals surface area contributed by atoms with Gasteiger partial charge in [0.25, 0.3) is 5.91 Å². The van der Waals surface area contributed by atoms with Gasteiger partial charge in [-0.3, -0.25) is 4.79 Å². The van der Waals surface area contributed by atoms with E-state index in [1.807, 2.05) is 6.92 Å². The van der Waals surface area contributed by atoms with E-state index < -0.39 is 0 Å². The number of halogens is 1. The third-order valence-electron chi connectivity index (χ3n) is 1.97. The van der Waals surface area contributed by atoms with Gasteiger partial charge in [-0.15, -0.1) is 11.6 Å². The second kappa shape index (κ2) is 4.33. The van der Waals surface area contributed by atoms with E-state index in [4.69, 9.17) is 16.0 Å². The molecule has 0 aromatic carbocycles. The summed E-state index contributed by atoms with van der Waals surface area (Å²) < 4.78 is 4.82. The third-order valence-corrected chi connectivity index (χ3v) is 2.42. The summed E-state index contributed by atoms with van der Waals surface area (Å²) in [4.78, 5) is 13.2. The Balaban J connectivity index is 2.68. The van der Waals surface area contributed by atoms with Gasteiger partial charge in [0.1, 0.15) is 6.26 Å². The van der Waals surface area contributed by atoms with Crippen molar-refractivity contribution in [3.05, 3.63) is 24.2 Å². The van der Waals surface area contributed by atoms with Crippen LogP contribution in [0.4, 0.5) is 0 Å². The largest absolute Gasteiger partial charge is 0.472 e. The summed E-state index contributed by atoms with van der Waals surface area (Å²) in [6.45, 7) is 1.89. The van der Waals surface area contributed by atoms with Gasteiger partial charge in [0, 0.05) is 19.0 Å². The lowest BCUT2D eigenvalue weighted by Gasteiger charge is -2.22. The van der Waals surface area contributed by atoms with Crippen LogP contribution in [0.2, 0.25) is 0 Å². The zero-order valence-corrected chi connectivity index (χ0v) is 8.41. The number of furan rings is 1. The van der Waals surface area contributed by atoms with Gasteiger partial charge in [-0.2, -0.15) is 0 Å². The average molecular weight is 202 g/mol. The van der Waals surface area contributed by atoms with E-state index in [0.29, 0.717) is 11.4 Å². The first-order valence-corrected chi connectivity index (χ1v) is 4.55. The molecule has 3 nitrogen and oxygen atoms in total. The normalized spacial score (nSPS) is 12.5. The van der Waals surface area contributed by atoms with E-state index in [1.165, 1.54) is 12.5 Å². The van der Waals surface area contributed by atoms with E-state index in [2.05, 4.69) is 0 Å². The maximum absolute atomic E-state index is 11.6. The summed E-state index contributed by atoms with van der Waals surface area (Å²) in [5.74, 6) is 0.363. The molecule has 0 saturated heterocycles. The van der Waals surface area contributed by atoms with Crippen LogP contribution < -0.4 is 0 Å². The molecule has 0 saturated carbocycles. The van der Waals surface area contributed by atoms with Crippen molar-refractivity contribution in [2.45, 2.75) is 13.0 Å². The van der Waals surface area contributed by atoms with Gasteiger partial charge in [-0.05, 0) is 13.0 Å². The second-order valence-electron chi connectivity index (χ2n) is 2.93. The average Bonchev–Trinajstić information content (AvgIpc) is 2.67. The predicted molar refractivity (Wildman–Crippen MR) is 51.0 cm³/mol. The molecule has 1 amide bonds. The Bertz CT molecular complexity index is 271. The molecule has 0 radical (unpaired) electrons. The van der Waals surface area contributed by atoms with Crippen LogP contribution in [0.1, 0.15) is 17.3 Å². The van der Waals surface area contributed by atoms with E-state index in [0.717, 1.165) is 0 Å². The molecule has 0 spiro atoms. The summed E-state index contributed by atoms with van der Waals surface area (Å²) in [5, 5.41) is 0. The molecule has 1 atom stereocenters. The minimum atomic E-state index is -0.0677. The fourth-order valence-electron chi connectivity index (χ4n) is 0.893. The fraction of sp³-hybridized carbons (Fsp3) is 0.444. The number of hydrogen-bond donors (Lipinski definition) is 0. The van der Waals surface area contributed by atoms with Crippen LogP contribution in [0.5, 0.6) is 0 Å². The lowest BCUT2D eigenvalue weighted by atomic mass is 10.2. The van der Waals surface area contributed by atoms with Gasteiger partial charge in [0.15, 0.2) is 0 Å². The van der Waals surface area contributed by atoms with Gasteiger partial charge in [-0.25, -0.2) is 0 Å². The van der Waals surface area contributed by atoms with Gasteiger partial charge in [0.2, 0.25) is 0 Å². The molecule has 4 heteroatoms. The number of carbonyl (C=O) groups excluding carboxylic acids is 1. The molecule has 0 bridgehead atoms. The summed E-state index contributed by atoms with van der Waals surface area (Å²) in [6.07, 6.45) is 2.91. The van der Waals surface area contributed by atoms with Crippen molar-refractivity contribution in [1.29, 1.82) is 0 Å². The zero-order valence-electron chi connectivity index (χ0n) is 7.66. The Morgan fingerprint density at radius 2 is 2.46 bits per heavy atom. The van der Waals surface area contributed by atoms with Crippen molar-refractivity contribution in [3.8, 4) is 0 Å². The molecule has 0 aliphatic rings. The Morgan fingerprint density at radius 1 is 1.77 bits per heavy atom. The van der Waals surface area contributed by atoms with E-state index >= 15 is 0 Å². The smallest absolute Gasteiger partial charge is 0.257 e. The van der Waals surface area contributed by atoms with Crippen LogP contribution >= 0.6 is 11.6 Å². The highest BCUT2D eigenvalue weighted by Gasteiger charge is 2.17. The van der Waals surface area contributed by atoms with Crippen LogP contribution in [0.25, 0.3) is 0 Å². The highest BCUT2D eigenvalue weighted by Crippen LogP contribution is 2.07. The minimum absolute atomic E-state index is 0.0315. The molecule has 0 N–H and O–H groups in total. The number of rotatable bonds is 3. The fourth-order valence-corrected chi connectivity index (χ4v) is 1.10. The molecule has 1 rings (SSSR count). The van der Waals surface area contributed by atoms with E-state index in [1.54, 1.807) is 18.0 Å². The molecule has 1 aromatic rings. The second-order valence-corrected chi connectivity index (χ2v) is 3.24. The quantitative estimate of drug-likeness (QED) is 0.701. The molecule has 13 heavy (non-hydrogen) atoms. The predicted octanol–water partition coefficient (Wildman–Crippen LogP) is 1.98. The number of hydrogen-bond acceptors (Lipinski definition) is 2. The summed E-state index contributed by atoms with van der Waals surface area (Å²) >= 11 is 5.63. The van der Waals surface area contributed by atoms with Gasteiger partial charge in [0.05, 0.1) is 11.8 Å². The topological polar surface area (TPSA) is 33.5 Å². The molecule has 1 aromatic heterocycles. The first kappa shape index (κ1) is 10.1. The first-order valence-electron chi connectivity index (χ1n) is 4.02. The van der Waals surface area contributed by atoms with Crippen LogP contribution in [0, 0.1) is 0 Å². The van der Waals surface area contributed by atoms with E-state index in [-0.39, 0.29) is 11.9 Å². The van der Waals surface area contributed by atoms with Gasteiger partial charge in [-0.1, -0.05) is 0 Å². The number of alkyl halides is 1. The number of amides is 1. The van der Waals surface area contributed by atoms with Gasteiger partial charge >= 0.3 is 0 Å². The first-order chi connectivity index (χ1) is 6.16. The Hall–Kier alpha value is -0.960. The van der Waals surface area contributed by atoms with Crippen molar-refractivity contribution in [2.75, 3.05) is 12.9 Å². The zero-order chi connectivity index (χ0) is 9.84. The van der Waals surface area contributed by atoms with Crippen molar-refractivity contribution < 1.29 is 9.21 Å². The van der Waals surface area contributed by atoms with Gasteiger partial charge < -0.3 is 9.32 Å². The number of carbonyl (C=O) groups is 1. The molecule has 0 aliphatic carbocycles. The molecular weight excluding hydrogens is 190 g/mol. The Kier molecular flexibility index (Phi) is 3.37. The van der Waals surface area contributed by atoms with E-state index in [9.17, 15) is 4.79 Å². The molecule has 0 fully saturated rings. The van der Waals surface area contributed by atoms with Crippen LogP contribution in [-0.4, -0.2) is 29.8 Å². The third kappa shape index (κ3) is 2.25. The number of nitrogens with zero attached hydrogens (tertiary/aromatic N) is 1. The van der Waals surface area contributed by atoms with Crippen LogP contribution in [-0.2, 0) is 0 Å². The molecule has 1 heterocycles. The maximum atomic E-state index is 11.6. The van der Waals surface area contributed by atoms with Crippen molar-refractivity contribution in [3.63, 3.8) is 0 Å².